The second-order valence-corrected chi connectivity index (χ2v) is 10.6. The van der Waals surface area contributed by atoms with Gasteiger partial charge in [0.05, 0.1) is 6.54 Å². The van der Waals surface area contributed by atoms with Gasteiger partial charge < -0.3 is 9.47 Å². The van der Waals surface area contributed by atoms with Crippen molar-refractivity contribution in [3.05, 3.63) is 59.7 Å². The number of nitrogens with zero attached hydrogens (tertiary/aromatic N) is 2. The summed E-state index contributed by atoms with van der Waals surface area (Å²) in [5, 5.41) is 0. The van der Waals surface area contributed by atoms with Gasteiger partial charge in [0, 0.05) is 30.9 Å². The first-order chi connectivity index (χ1) is 14.7. The Labute approximate surface area is 187 Å². The standard InChI is InChI=1S/C27H39FN2O/c1-21(18-27(2,3)4)16-26(31)30(24-12-6-5-7-13-24)20-25-14-9-15-29(25)19-22-10-8-11-23(28)17-22/h8-11,14-15,17,21,24H,5-7,12-13,16,18-20H2,1-4H3/t21-/m0/s1. The fourth-order valence-electron chi connectivity index (χ4n) is 5.10. The maximum absolute atomic E-state index is 13.6. The number of halogens is 1. The molecule has 0 aliphatic heterocycles. The molecule has 1 amide bonds. The summed E-state index contributed by atoms with van der Waals surface area (Å²) >= 11 is 0. The van der Waals surface area contributed by atoms with Gasteiger partial charge in [-0.15, -0.1) is 0 Å². The van der Waals surface area contributed by atoms with E-state index in [2.05, 4.69) is 43.2 Å². The summed E-state index contributed by atoms with van der Waals surface area (Å²) in [6.07, 6.45) is 9.58. The summed E-state index contributed by atoms with van der Waals surface area (Å²) in [6.45, 7) is 10.2. The van der Waals surface area contributed by atoms with Crippen LogP contribution in [0.2, 0.25) is 0 Å². The largest absolute Gasteiger partial charge is 0.345 e. The minimum absolute atomic E-state index is 0.210. The molecule has 0 unspecified atom stereocenters. The van der Waals surface area contributed by atoms with Gasteiger partial charge in [-0.1, -0.05) is 59.1 Å². The Hall–Kier alpha value is -2.10. The molecule has 2 aromatic rings. The quantitative estimate of drug-likeness (QED) is 0.456. The summed E-state index contributed by atoms with van der Waals surface area (Å²) in [7, 11) is 0. The Bertz CT molecular complexity index is 845. The molecule has 1 aliphatic carbocycles. The molecule has 1 atom stereocenters. The van der Waals surface area contributed by atoms with Crippen molar-refractivity contribution in [2.45, 2.75) is 91.8 Å². The van der Waals surface area contributed by atoms with Gasteiger partial charge in [0.15, 0.2) is 0 Å². The number of amides is 1. The minimum Gasteiger partial charge on any atom is -0.345 e. The van der Waals surface area contributed by atoms with E-state index < -0.39 is 0 Å². The van der Waals surface area contributed by atoms with E-state index in [1.807, 2.05) is 18.3 Å². The van der Waals surface area contributed by atoms with Crippen molar-refractivity contribution in [2.24, 2.45) is 11.3 Å². The molecule has 3 nitrogen and oxygen atoms in total. The van der Waals surface area contributed by atoms with Crippen molar-refractivity contribution >= 4 is 5.91 Å². The van der Waals surface area contributed by atoms with E-state index in [-0.39, 0.29) is 17.1 Å². The van der Waals surface area contributed by atoms with Gasteiger partial charge in [-0.2, -0.15) is 0 Å². The van der Waals surface area contributed by atoms with E-state index in [1.54, 1.807) is 12.1 Å². The highest BCUT2D eigenvalue weighted by Crippen LogP contribution is 2.29. The van der Waals surface area contributed by atoms with Crippen LogP contribution in [0.1, 0.15) is 83.9 Å². The van der Waals surface area contributed by atoms with Crippen molar-refractivity contribution in [1.29, 1.82) is 0 Å². The first-order valence-electron chi connectivity index (χ1n) is 11.9. The second-order valence-electron chi connectivity index (χ2n) is 10.6. The predicted molar refractivity (Wildman–Crippen MR) is 125 cm³/mol. The van der Waals surface area contributed by atoms with E-state index in [9.17, 15) is 9.18 Å². The van der Waals surface area contributed by atoms with E-state index >= 15 is 0 Å². The van der Waals surface area contributed by atoms with Crippen molar-refractivity contribution < 1.29 is 9.18 Å². The Morgan fingerprint density at radius 3 is 2.58 bits per heavy atom. The lowest BCUT2D eigenvalue weighted by atomic mass is 9.84. The first-order valence-corrected chi connectivity index (χ1v) is 11.9. The van der Waals surface area contributed by atoms with Crippen LogP contribution in [-0.2, 0) is 17.9 Å². The Morgan fingerprint density at radius 2 is 1.90 bits per heavy atom. The van der Waals surface area contributed by atoms with Gasteiger partial charge in [-0.05, 0) is 60.4 Å². The zero-order valence-electron chi connectivity index (χ0n) is 19.7. The Kier molecular flexibility index (Phi) is 7.96. The number of carbonyl (C=O) groups is 1. The lowest BCUT2D eigenvalue weighted by Gasteiger charge is -2.36. The third-order valence-corrected chi connectivity index (χ3v) is 6.32. The van der Waals surface area contributed by atoms with Gasteiger partial charge >= 0.3 is 0 Å². The maximum atomic E-state index is 13.6. The molecular formula is C27H39FN2O. The van der Waals surface area contributed by atoms with Gasteiger partial charge in [0.1, 0.15) is 5.82 Å². The van der Waals surface area contributed by atoms with E-state index in [1.165, 1.54) is 25.3 Å². The van der Waals surface area contributed by atoms with Crippen molar-refractivity contribution in [3.8, 4) is 0 Å². The molecular weight excluding hydrogens is 387 g/mol. The van der Waals surface area contributed by atoms with Crippen LogP contribution in [0.5, 0.6) is 0 Å². The number of rotatable bonds is 8. The minimum atomic E-state index is -0.210. The van der Waals surface area contributed by atoms with Crippen molar-refractivity contribution in [3.63, 3.8) is 0 Å². The van der Waals surface area contributed by atoms with Crippen LogP contribution in [0.15, 0.2) is 42.6 Å². The molecule has 0 bridgehead atoms. The number of carbonyl (C=O) groups excluding carboxylic acids is 1. The SMILES string of the molecule is C[C@@H](CC(=O)N(Cc1cccn1Cc1cccc(F)c1)C1CCCCC1)CC(C)(C)C. The van der Waals surface area contributed by atoms with E-state index in [0.717, 1.165) is 30.5 Å². The van der Waals surface area contributed by atoms with Crippen LogP contribution in [-0.4, -0.2) is 21.4 Å². The molecule has 170 valence electrons. The van der Waals surface area contributed by atoms with Crippen LogP contribution in [0.3, 0.4) is 0 Å². The fraction of sp³-hybridized carbons (Fsp3) is 0.593. The van der Waals surface area contributed by atoms with E-state index in [4.69, 9.17) is 0 Å². The summed E-state index contributed by atoms with van der Waals surface area (Å²) in [5.74, 6) is 0.442. The molecule has 31 heavy (non-hydrogen) atoms. The zero-order valence-corrected chi connectivity index (χ0v) is 19.7. The summed E-state index contributed by atoms with van der Waals surface area (Å²) < 4.78 is 15.8. The highest BCUT2D eigenvalue weighted by Gasteiger charge is 2.28. The van der Waals surface area contributed by atoms with Crippen molar-refractivity contribution in [1.82, 2.24) is 9.47 Å². The first kappa shape index (κ1) is 23.6. The van der Waals surface area contributed by atoms with Crippen LogP contribution in [0, 0.1) is 17.2 Å². The molecule has 1 aromatic carbocycles. The summed E-state index contributed by atoms with van der Waals surface area (Å²) in [4.78, 5) is 15.6. The molecule has 0 radical (unpaired) electrons. The molecule has 1 aliphatic rings. The molecule has 1 fully saturated rings. The molecule has 1 aromatic heterocycles. The van der Waals surface area contributed by atoms with Gasteiger partial charge in [0.2, 0.25) is 5.91 Å². The number of hydrogen-bond donors (Lipinski definition) is 0. The molecule has 3 rings (SSSR count). The normalized spacial score (nSPS) is 16.3. The lowest BCUT2D eigenvalue weighted by molar-refractivity contribution is -0.136. The highest BCUT2D eigenvalue weighted by molar-refractivity contribution is 5.76. The molecule has 0 N–H and O–H groups in total. The summed E-state index contributed by atoms with van der Waals surface area (Å²) in [6, 6.07) is 11.2. The average molecular weight is 427 g/mol. The Morgan fingerprint density at radius 1 is 1.16 bits per heavy atom. The topological polar surface area (TPSA) is 25.2 Å². The zero-order chi connectivity index (χ0) is 22.4. The monoisotopic (exact) mass is 426 g/mol. The number of hydrogen-bond acceptors (Lipinski definition) is 1. The molecule has 0 spiro atoms. The average Bonchev–Trinajstić information content (AvgIpc) is 3.11. The molecule has 1 heterocycles. The van der Waals surface area contributed by atoms with Crippen LogP contribution in [0.25, 0.3) is 0 Å². The highest BCUT2D eigenvalue weighted by atomic mass is 19.1. The fourth-order valence-corrected chi connectivity index (χ4v) is 5.10. The van der Waals surface area contributed by atoms with Crippen LogP contribution >= 0.6 is 0 Å². The van der Waals surface area contributed by atoms with Crippen LogP contribution in [0.4, 0.5) is 4.39 Å². The van der Waals surface area contributed by atoms with Crippen molar-refractivity contribution in [2.75, 3.05) is 0 Å². The van der Waals surface area contributed by atoms with Gasteiger partial charge in [0.25, 0.3) is 0 Å². The van der Waals surface area contributed by atoms with Crippen LogP contribution < -0.4 is 0 Å². The van der Waals surface area contributed by atoms with Gasteiger partial charge in [-0.3, -0.25) is 4.79 Å². The maximum Gasteiger partial charge on any atom is 0.223 e. The third-order valence-electron chi connectivity index (χ3n) is 6.32. The second kappa shape index (κ2) is 10.5. The van der Waals surface area contributed by atoms with E-state index in [0.29, 0.717) is 31.5 Å². The Balaban J connectivity index is 1.75. The summed E-state index contributed by atoms with van der Waals surface area (Å²) in [5.41, 5.74) is 2.29. The van der Waals surface area contributed by atoms with Gasteiger partial charge in [-0.25, -0.2) is 4.39 Å². The smallest absolute Gasteiger partial charge is 0.223 e. The third kappa shape index (κ3) is 7.22. The number of aromatic nitrogens is 1. The molecule has 1 saturated carbocycles. The lowest BCUT2D eigenvalue weighted by Crippen LogP contribution is -2.42. The molecule has 4 heteroatoms. The number of benzene rings is 1. The predicted octanol–water partition coefficient (Wildman–Crippen LogP) is 6.80. The molecule has 0 saturated heterocycles.